The van der Waals surface area contributed by atoms with Crippen LogP contribution >= 0.6 is 0 Å². The second-order valence-corrected chi connectivity index (χ2v) is 15.7. The fraction of sp³-hybridized carbons (Fsp3) is 0.500. The predicted molar refractivity (Wildman–Crippen MR) is 81.9 cm³/mol. The van der Waals surface area contributed by atoms with Crippen LogP contribution in [0.2, 0.25) is 39.3 Å². The van der Waals surface area contributed by atoms with Crippen LogP contribution in [-0.2, 0) is 0 Å². The maximum Gasteiger partial charge on any atom is 1.00 e. The van der Waals surface area contributed by atoms with Gasteiger partial charge in [0.2, 0.25) is 0 Å². The van der Waals surface area contributed by atoms with Crippen molar-refractivity contribution in [2.45, 2.75) is 39.3 Å². The van der Waals surface area contributed by atoms with Gasteiger partial charge in [-0.05, 0) is 0 Å². The first-order valence-electron chi connectivity index (χ1n) is 5.86. The molecule has 5 heteroatoms. The molecule has 1 aromatic rings. The topological polar surface area (TPSA) is 14.1 Å². The molecule has 0 unspecified atom stereocenters. The Bertz CT molecular complexity index is 282. The first-order valence-corrected chi connectivity index (χ1v) is 12.8. The molecule has 0 bridgehead atoms. The molecule has 0 aliphatic heterocycles. The van der Waals surface area contributed by atoms with Gasteiger partial charge in [0.05, 0.1) is 0 Å². The van der Waals surface area contributed by atoms with E-state index in [9.17, 15) is 0 Å². The summed E-state index contributed by atoms with van der Waals surface area (Å²) < 4.78 is 6.14. The van der Waals surface area contributed by atoms with Crippen LogP contribution in [0.15, 0.2) is 30.3 Å². The van der Waals surface area contributed by atoms with Gasteiger partial charge < -0.3 is 4.65 Å². The normalized spacial score (nSPS) is 11.1. The van der Waals surface area contributed by atoms with Gasteiger partial charge >= 0.3 is 81.8 Å². The predicted octanol–water partition coefficient (Wildman–Crippen LogP) is 0.514. The third-order valence-corrected chi connectivity index (χ3v) is 6.98. The Morgan fingerprint density at radius 2 is 1.18 bits per heavy atom. The van der Waals surface area contributed by atoms with Crippen molar-refractivity contribution >= 4 is 38.4 Å². The van der Waals surface area contributed by atoms with Crippen molar-refractivity contribution in [3.05, 3.63) is 35.0 Å². The average molecular weight is 267 g/mol. The Hall–Kier alpha value is 1.21. The molecule has 0 atom stereocenters. The second kappa shape index (κ2) is 9.17. The molecular formula is C12H23LiNNaSi2. The van der Waals surface area contributed by atoms with Crippen molar-refractivity contribution in [1.82, 2.24) is 0 Å². The number of rotatable bonds is 2. The van der Waals surface area contributed by atoms with E-state index in [1.165, 1.54) is 4.24 Å². The van der Waals surface area contributed by atoms with Gasteiger partial charge in [-0.1, -0.05) is 55.8 Å². The summed E-state index contributed by atoms with van der Waals surface area (Å²) in [6.07, 6.45) is 0. The van der Waals surface area contributed by atoms with Crippen LogP contribution in [0.5, 0.6) is 0 Å². The molecule has 0 aliphatic carbocycles. The summed E-state index contributed by atoms with van der Waals surface area (Å²) in [5, 5.41) is 0. The van der Waals surface area contributed by atoms with Crippen LogP contribution in [0.3, 0.4) is 0 Å². The smallest absolute Gasteiger partial charge is 1.00 e. The van der Waals surface area contributed by atoms with Gasteiger partial charge in [0, 0.05) is 0 Å². The standard InChI is InChI=1S/C6H18NSi2.C6H5.Li.Na/c1-8(2,3)7-9(4,5)6;1-2-4-6-5-3-1;;/h1-6H3;1-5H;;/q-1;;;+1. The maximum absolute atomic E-state index is 4.82. The van der Waals surface area contributed by atoms with Crippen molar-refractivity contribution in [1.29, 1.82) is 0 Å². The number of benzene rings is 1. The zero-order valence-electron chi connectivity index (χ0n) is 12.8. The Balaban J connectivity index is 0. The van der Waals surface area contributed by atoms with Gasteiger partial charge in [0.1, 0.15) is 0 Å². The van der Waals surface area contributed by atoms with Crippen LogP contribution in [0.25, 0.3) is 4.65 Å². The first kappa shape index (κ1) is 20.5. The minimum Gasteiger partial charge on any atom is 1.00 e. The van der Waals surface area contributed by atoms with Gasteiger partial charge in [0.15, 0.2) is 0 Å². The zero-order valence-corrected chi connectivity index (χ0v) is 16.8. The van der Waals surface area contributed by atoms with Crippen molar-refractivity contribution in [2.75, 3.05) is 0 Å². The van der Waals surface area contributed by atoms with E-state index in [2.05, 4.69) is 69.1 Å². The summed E-state index contributed by atoms with van der Waals surface area (Å²) in [6, 6.07) is 10.3. The summed E-state index contributed by atoms with van der Waals surface area (Å²) in [7, 11) is -2.21. The zero-order chi connectivity index (χ0) is 12.8. The van der Waals surface area contributed by atoms with E-state index < -0.39 is 16.5 Å². The Kier molecular flexibility index (Phi) is 11.1. The summed E-state index contributed by atoms with van der Waals surface area (Å²) in [4.78, 5) is 0. The molecule has 0 saturated heterocycles. The van der Waals surface area contributed by atoms with E-state index >= 15 is 0 Å². The van der Waals surface area contributed by atoms with Gasteiger partial charge in [-0.3, -0.25) is 0 Å². The van der Waals surface area contributed by atoms with Gasteiger partial charge in [-0.25, -0.2) is 0 Å². The van der Waals surface area contributed by atoms with E-state index in [0.717, 1.165) is 0 Å². The average Bonchev–Trinajstić information content (AvgIpc) is 1.99. The molecule has 0 heterocycles. The molecular weight excluding hydrogens is 244 g/mol. The van der Waals surface area contributed by atoms with Crippen molar-refractivity contribution in [3.63, 3.8) is 0 Å². The quantitative estimate of drug-likeness (QED) is 0.694. The molecule has 0 aliphatic rings. The van der Waals surface area contributed by atoms with Crippen LogP contribution in [0.1, 0.15) is 0 Å². The van der Waals surface area contributed by atoms with E-state index in [0.29, 0.717) is 0 Å². The molecule has 1 aromatic carbocycles. The largest absolute Gasteiger partial charge is 1.00 e. The first-order chi connectivity index (χ1) is 7.10. The van der Waals surface area contributed by atoms with Crippen molar-refractivity contribution in [2.24, 2.45) is 0 Å². The Morgan fingerprint density at radius 3 is 1.29 bits per heavy atom. The summed E-state index contributed by atoms with van der Waals surface area (Å²) in [6.45, 7) is 13.8. The van der Waals surface area contributed by atoms with Crippen LogP contribution in [-0.4, -0.2) is 34.2 Å². The fourth-order valence-electron chi connectivity index (χ4n) is 1.54. The van der Waals surface area contributed by atoms with Gasteiger partial charge in [0.25, 0.3) is 0 Å². The SMILES string of the molecule is C[Si](C)(C)[N-][Si](C)(C)C.[Li][c]1ccccc1.[Na+]. The van der Waals surface area contributed by atoms with E-state index in [1.54, 1.807) is 0 Å². The molecule has 0 spiro atoms. The van der Waals surface area contributed by atoms with Crippen molar-refractivity contribution < 1.29 is 29.6 Å². The van der Waals surface area contributed by atoms with Crippen LogP contribution in [0, 0.1) is 0 Å². The number of nitrogens with zero attached hydrogens (tertiary/aromatic N) is 1. The van der Waals surface area contributed by atoms with Crippen LogP contribution < -0.4 is 33.8 Å². The molecule has 0 amide bonds. The molecule has 17 heavy (non-hydrogen) atoms. The Morgan fingerprint density at radius 1 is 0.824 bits per heavy atom. The Labute approximate surface area is 141 Å². The van der Waals surface area contributed by atoms with E-state index in [-0.39, 0.29) is 29.6 Å². The fourth-order valence-corrected chi connectivity index (χ4v) is 9.59. The minimum absolute atomic E-state index is 0. The summed E-state index contributed by atoms with van der Waals surface area (Å²) in [5.41, 5.74) is 0. The second-order valence-electron chi connectivity index (χ2n) is 6.11. The van der Waals surface area contributed by atoms with E-state index in [1.807, 2.05) is 18.2 Å². The summed E-state index contributed by atoms with van der Waals surface area (Å²) >= 11 is 2.08. The monoisotopic (exact) mass is 267 g/mol. The molecule has 1 nitrogen and oxygen atoms in total. The molecule has 0 aromatic heterocycles. The molecule has 0 saturated carbocycles. The van der Waals surface area contributed by atoms with Gasteiger partial charge in [-0.15, -0.1) is 0 Å². The third kappa shape index (κ3) is 17.2. The molecule has 0 N–H and O–H groups in total. The van der Waals surface area contributed by atoms with E-state index in [4.69, 9.17) is 4.65 Å². The molecule has 86 valence electrons. The van der Waals surface area contributed by atoms with Gasteiger partial charge in [-0.2, -0.15) is 0 Å². The minimum atomic E-state index is -1.11. The summed E-state index contributed by atoms with van der Waals surface area (Å²) in [5.74, 6) is 0. The van der Waals surface area contributed by atoms with Crippen molar-refractivity contribution in [3.8, 4) is 0 Å². The third-order valence-electron chi connectivity index (χ3n) is 1.61. The number of hydrogen-bond donors (Lipinski definition) is 0. The molecule has 0 radical (unpaired) electrons. The molecule has 0 fully saturated rings. The number of hydrogen-bond acceptors (Lipinski definition) is 0. The maximum atomic E-state index is 4.82. The van der Waals surface area contributed by atoms with Crippen LogP contribution in [0.4, 0.5) is 0 Å². The molecule has 1 rings (SSSR count).